The zero-order valence-electron chi connectivity index (χ0n) is 15.9. The second-order valence-corrected chi connectivity index (χ2v) is 6.73. The molecular weight excluding hydrogens is 368 g/mol. The molecule has 8 heteroatoms. The molecule has 0 amide bonds. The molecule has 1 aliphatic heterocycles. The zero-order chi connectivity index (χ0) is 19.4. The molecule has 27 heavy (non-hydrogen) atoms. The number of ether oxygens (including phenoxy) is 3. The van der Waals surface area contributed by atoms with Crippen LogP contribution in [0.5, 0.6) is 11.5 Å². The van der Waals surface area contributed by atoms with Crippen LogP contribution in [0.3, 0.4) is 0 Å². The van der Waals surface area contributed by atoms with Gasteiger partial charge in [0, 0.05) is 36.0 Å². The van der Waals surface area contributed by atoms with Crippen molar-refractivity contribution < 1.29 is 14.2 Å². The molecule has 2 heterocycles. The second-order valence-electron chi connectivity index (χ2n) is 6.32. The Labute approximate surface area is 164 Å². The zero-order valence-corrected chi connectivity index (χ0v) is 16.6. The molecule has 0 spiro atoms. The van der Waals surface area contributed by atoms with Crippen LogP contribution in [0.1, 0.15) is 30.6 Å². The van der Waals surface area contributed by atoms with Gasteiger partial charge in [-0.2, -0.15) is 4.98 Å². The predicted molar refractivity (Wildman–Crippen MR) is 106 cm³/mol. The van der Waals surface area contributed by atoms with Crippen LogP contribution in [0, 0.1) is 6.92 Å². The highest BCUT2D eigenvalue weighted by Crippen LogP contribution is 2.39. The maximum atomic E-state index is 6.61. The normalized spacial score (nSPS) is 17.5. The maximum Gasteiger partial charge on any atom is 0.222 e. The lowest BCUT2D eigenvalue weighted by atomic mass is 10.0. The Morgan fingerprint density at radius 2 is 2.11 bits per heavy atom. The van der Waals surface area contributed by atoms with Crippen molar-refractivity contribution >= 4 is 23.4 Å². The first-order valence-electron chi connectivity index (χ1n) is 8.99. The Balaban J connectivity index is 2.06. The SMILES string of the molecule is CCOc1cc([C@@H]2COCCCN2c2cc(C)nc(N)n2)c(Cl)cc1OC. The van der Waals surface area contributed by atoms with Crippen molar-refractivity contribution in [1.29, 1.82) is 0 Å². The smallest absolute Gasteiger partial charge is 0.222 e. The molecule has 0 bridgehead atoms. The van der Waals surface area contributed by atoms with Gasteiger partial charge in [0.15, 0.2) is 11.5 Å². The number of hydrogen-bond acceptors (Lipinski definition) is 7. The van der Waals surface area contributed by atoms with Crippen molar-refractivity contribution in [3.63, 3.8) is 0 Å². The fourth-order valence-corrected chi connectivity index (χ4v) is 3.54. The number of rotatable bonds is 5. The van der Waals surface area contributed by atoms with Crippen LogP contribution in [0.25, 0.3) is 0 Å². The van der Waals surface area contributed by atoms with Crippen LogP contribution in [-0.2, 0) is 4.74 Å². The third kappa shape index (κ3) is 4.36. The van der Waals surface area contributed by atoms with E-state index in [9.17, 15) is 0 Å². The van der Waals surface area contributed by atoms with Crippen molar-refractivity contribution in [3.05, 3.63) is 34.5 Å². The number of halogens is 1. The summed E-state index contributed by atoms with van der Waals surface area (Å²) in [6.07, 6.45) is 0.881. The summed E-state index contributed by atoms with van der Waals surface area (Å²) in [6, 6.07) is 5.51. The van der Waals surface area contributed by atoms with E-state index in [1.807, 2.05) is 26.0 Å². The van der Waals surface area contributed by atoms with Gasteiger partial charge < -0.3 is 24.8 Å². The Hall–Kier alpha value is -2.25. The van der Waals surface area contributed by atoms with Crippen LogP contribution in [-0.4, -0.2) is 43.4 Å². The molecule has 1 atom stereocenters. The summed E-state index contributed by atoms with van der Waals surface area (Å²) in [4.78, 5) is 10.8. The summed E-state index contributed by atoms with van der Waals surface area (Å²) >= 11 is 6.61. The summed E-state index contributed by atoms with van der Waals surface area (Å²) in [5, 5.41) is 0.592. The number of anilines is 2. The van der Waals surface area contributed by atoms with Crippen molar-refractivity contribution in [3.8, 4) is 11.5 Å². The first-order chi connectivity index (χ1) is 13.0. The molecule has 146 valence electrons. The van der Waals surface area contributed by atoms with Crippen molar-refractivity contribution in [2.75, 3.05) is 44.1 Å². The van der Waals surface area contributed by atoms with Crippen molar-refractivity contribution in [2.24, 2.45) is 0 Å². The molecule has 0 radical (unpaired) electrons. The van der Waals surface area contributed by atoms with E-state index in [1.54, 1.807) is 13.2 Å². The van der Waals surface area contributed by atoms with Crippen LogP contribution in [0.2, 0.25) is 5.02 Å². The van der Waals surface area contributed by atoms with Crippen LogP contribution >= 0.6 is 11.6 Å². The van der Waals surface area contributed by atoms with Crippen LogP contribution in [0.4, 0.5) is 11.8 Å². The molecule has 2 aromatic rings. The summed E-state index contributed by atoms with van der Waals surface area (Å²) in [6.45, 7) is 6.30. The Kier molecular flexibility index (Phi) is 6.23. The number of nitrogen functional groups attached to an aromatic ring is 1. The number of aromatic nitrogens is 2. The fraction of sp³-hybridized carbons (Fsp3) is 0.474. The van der Waals surface area contributed by atoms with E-state index in [0.29, 0.717) is 36.3 Å². The monoisotopic (exact) mass is 392 g/mol. The molecule has 1 saturated heterocycles. The molecule has 0 saturated carbocycles. The summed E-state index contributed by atoms with van der Waals surface area (Å²) in [5.41, 5.74) is 7.60. The van der Waals surface area contributed by atoms with Crippen molar-refractivity contribution in [2.45, 2.75) is 26.3 Å². The largest absolute Gasteiger partial charge is 0.493 e. The topological polar surface area (TPSA) is 82.7 Å². The number of nitrogens with two attached hydrogens (primary N) is 1. The Morgan fingerprint density at radius 3 is 2.81 bits per heavy atom. The highest BCUT2D eigenvalue weighted by atomic mass is 35.5. The third-order valence-corrected chi connectivity index (χ3v) is 4.76. The van der Waals surface area contributed by atoms with Gasteiger partial charge in [-0.3, -0.25) is 0 Å². The first-order valence-corrected chi connectivity index (χ1v) is 9.37. The minimum atomic E-state index is -0.126. The van der Waals surface area contributed by atoms with Gasteiger partial charge in [-0.1, -0.05) is 11.6 Å². The van der Waals surface area contributed by atoms with E-state index in [-0.39, 0.29) is 12.0 Å². The van der Waals surface area contributed by atoms with E-state index in [1.165, 1.54) is 0 Å². The van der Waals surface area contributed by atoms with Crippen LogP contribution in [0.15, 0.2) is 18.2 Å². The van der Waals surface area contributed by atoms with Gasteiger partial charge >= 0.3 is 0 Å². The van der Waals surface area contributed by atoms with Gasteiger partial charge in [0.1, 0.15) is 5.82 Å². The van der Waals surface area contributed by atoms with Gasteiger partial charge in [-0.05, 0) is 31.9 Å². The first kappa shape index (κ1) is 19.5. The fourth-order valence-electron chi connectivity index (χ4n) is 3.27. The molecule has 0 aliphatic carbocycles. The van der Waals surface area contributed by atoms with E-state index < -0.39 is 0 Å². The lowest BCUT2D eigenvalue weighted by Gasteiger charge is -2.32. The van der Waals surface area contributed by atoms with E-state index in [2.05, 4.69) is 14.9 Å². The summed E-state index contributed by atoms with van der Waals surface area (Å²) in [7, 11) is 1.60. The highest BCUT2D eigenvalue weighted by Gasteiger charge is 2.28. The molecule has 1 aromatic carbocycles. The quantitative estimate of drug-likeness (QED) is 0.834. The van der Waals surface area contributed by atoms with Gasteiger partial charge in [0.05, 0.1) is 26.4 Å². The highest BCUT2D eigenvalue weighted by molar-refractivity contribution is 6.31. The summed E-state index contributed by atoms with van der Waals surface area (Å²) in [5.74, 6) is 2.28. The molecule has 3 rings (SSSR count). The number of hydrogen-bond donors (Lipinski definition) is 1. The van der Waals surface area contributed by atoms with Gasteiger partial charge in [-0.25, -0.2) is 4.98 Å². The number of methoxy groups -OCH3 is 1. The van der Waals surface area contributed by atoms with Crippen LogP contribution < -0.4 is 20.1 Å². The van der Waals surface area contributed by atoms with E-state index in [4.69, 9.17) is 31.5 Å². The van der Waals surface area contributed by atoms with Gasteiger partial charge in [0.2, 0.25) is 5.95 Å². The summed E-state index contributed by atoms with van der Waals surface area (Å²) < 4.78 is 17.0. The lowest BCUT2D eigenvalue weighted by molar-refractivity contribution is 0.134. The third-order valence-electron chi connectivity index (χ3n) is 4.43. The molecular formula is C19H25ClN4O3. The van der Waals surface area contributed by atoms with Crippen molar-refractivity contribution in [1.82, 2.24) is 9.97 Å². The maximum absolute atomic E-state index is 6.61. The second kappa shape index (κ2) is 8.63. The number of aryl methyl sites for hydroxylation is 1. The molecule has 1 aliphatic rings. The van der Waals surface area contributed by atoms with Gasteiger partial charge in [0.25, 0.3) is 0 Å². The predicted octanol–water partition coefficient (Wildman–Crippen LogP) is 3.40. The Morgan fingerprint density at radius 1 is 1.30 bits per heavy atom. The minimum Gasteiger partial charge on any atom is -0.493 e. The van der Waals surface area contributed by atoms with E-state index >= 15 is 0 Å². The molecule has 2 N–H and O–H groups in total. The average molecular weight is 393 g/mol. The molecule has 0 unspecified atom stereocenters. The molecule has 7 nitrogen and oxygen atoms in total. The van der Waals surface area contributed by atoms with E-state index in [0.717, 1.165) is 30.0 Å². The molecule has 1 fully saturated rings. The average Bonchev–Trinajstić information content (AvgIpc) is 2.88. The standard InChI is InChI=1S/C19H25ClN4O3/c1-4-27-17-9-13(14(20)10-16(17)25-3)15-11-26-7-5-6-24(15)18-8-12(2)22-19(21)23-18/h8-10,15H,4-7,11H2,1-3H3,(H2,21,22,23)/t15-/m0/s1. The number of benzene rings is 1. The Bertz CT molecular complexity index is 783. The molecule has 1 aromatic heterocycles. The number of nitrogens with zero attached hydrogens (tertiary/aromatic N) is 3. The van der Waals surface area contributed by atoms with Gasteiger partial charge in [-0.15, -0.1) is 0 Å². The lowest BCUT2D eigenvalue weighted by Crippen LogP contribution is -2.32. The minimum absolute atomic E-state index is 0.126.